The topological polar surface area (TPSA) is 4.93 Å². The minimum atomic E-state index is 0.480. The Morgan fingerprint density at radius 2 is 1.05 bits per heavy atom. The largest absolute Gasteiger partial charge is 0.338 e. The summed E-state index contributed by atoms with van der Waals surface area (Å²) in [7, 11) is 0. The molecule has 0 aliphatic heterocycles. The number of nitrogens with zero attached hydrogens (tertiary/aromatic N) is 1. The van der Waals surface area contributed by atoms with Crippen molar-refractivity contribution in [2.75, 3.05) is 0 Å². The quantitative estimate of drug-likeness (QED) is 0.453. The molecule has 1 aromatic heterocycles. The molecule has 0 bridgehead atoms. The summed E-state index contributed by atoms with van der Waals surface area (Å²) < 4.78 is 2.45. The lowest BCUT2D eigenvalue weighted by molar-refractivity contribution is 0.642. The molecule has 22 heavy (non-hydrogen) atoms. The van der Waals surface area contributed by atoms with Crippen molar-refractivity contribution in [2.45, 2.75) is 61.4 Å². The van der Waals surface area contributed by atoms with Crippen molar-refractivity contribution in [3.63, 3.8) is 0 Å². The van der Waals surface area contributed by atoms with E-state index in [-0.39, 0.29) is 0 Å². The average Bonchev–Trinajstić information content (AvgIpc) is 2.83. The van der Waals surface area contributed by atoms with E-state index in [4.69, 9.17) is 0 Å². The van der Waals surface area contributed by atoms with Crippen molar-refractivity contribution < 1.29 is 0 Å². The van der Waals surface area contributed by atoms with Gasteiger partial charge in [-0.05, 0) is 51.0 Å². The molecule has 0 saturated heterocycles. The molecule has 1 heteroatoms. The second kappa shape index (κ2) is 8.03. The van der Waals surface area contributed by atoms with E-state index in [1.54, 1.807) is 0 Å². The summed E-state index contributed by atoms with van der Waals surface area (Å²) in [4.78, 5) is 0. The van der Waals surface area contributed by atoms with Gasteiger partial charge in [-0.2, -0.15) is 0 Å². The number of benzene rings is 2. The second-order valence-corrected chi connectivity index (χ2v) is 5.50. The Morgan fingerprint density at radius 3 is 1.36 bits per heavy atom. The molecule has 3 rings (SSSR count). The van der Waals surface area contributed by atoms with Crippen molar-refractivity contribution in [3.05, 3.63) is 47.5 Å². The van der Waals surface area contributed by atoms with E-state index in [1.807, 2.05) is 27.7 Å². The zero-order chi connectivity index (χ0) is 16.9. The zero-order valence-electron chi connectivity index (χ0n) is 15.5. The van der Waals surface area contributed by atoms with Crippen LogP contribution in [0.3, 0.4) is 0 Å². The van der Waals surface area contributed by atoms with E-state index >= 15 is 0 Å². The molecule has 120 valence electrons. The van der Waals surface area contributed by atoms with Gasteiger partial charge in [-0.3, -0.25) is 0 Å². The lowest BCUT2D eigenvalue weighted by atomic mass is 10.1. The van der Waals surface area contributed by atoms with Gasteiger partial charge in [0.25, 0.3) is 0 Å². The number of hydrogen-bond donors (Lipinski definition) is 0. The number of rotatable bonds is 1. The third-order valence-electron chi connectivity index (χ3n) is 3.63. The first-order chi connectivity index (χ1) is 10.6. The molecule has 0 amide bonds. The van der Waals surface area contributed by atoms with Gasteiger partial charge >= 0.3 is 0 Å². The Balaban J connectivity index is 0.000000561. The fourth-order valence-electron chi connectivity index (χ4n) is 2.82. The van der Waals surface area contributed by atoms with Crippen LogP contribution in [0.5, 0.6) is 0 Å². The van der Waals surface area contributed by atoms with Gasteiger partial charge in [0, 0.05) is 27.8 Å². The van der Waals surface area contributed by atoms with Crippen molar-refractivity contribution in [3.8, 4) is 0 Å². The molecule has 1 heterocycles. The van der Waals surface area contributed by atoms with E-state index in [2.05, 4.69) is 68.7 Å². The van der Waals surface area contributed by atoms with Crippen LogP contribution in [0.2, 0.25) is 0 Å². The van der Waals surface area contributed by atoms with Gasteiger partial charge < -0.3 is 4.57 Å². The predicted octanol–water partition coefficient (Wildman–Crippen LogP) is 7.04. The normalized spacial score (nSPS) is 10.2. The van der Waals surface area contributed by atoms with Crippen LogP contribution in [0.15, 0.2) is 36.4 Å². The van der Waals surface area contributed by atoms with Gasteiger partial charge in [0.05, 0.1) is 0 Å². The minimum Gasteiger partial charge on any atom is -0.338 e. The standard InChI is InChI=1S/C17H19N.2C2H6/c1-11(2)18-16-9-12(3)5-7-14(16)15-8-6-13(4)10-17(15)18;2*1-2/h5-11H,1-4H3;2*1-2H3. The van der Waals surface area contributed by atoms with Crippen LogP contribution in [-0.2, 0) is 0 Å². The van der Waals surface area contributed by atoms with Crippen LogP contribution in [-0.4, -0.2) is 4.57 Å². The van der Waals surface area contributed by atoms with Crippen molar-refractivity contribution in [2.24, 2.45) is 0 Å². The third kappa shape index (κ3) is 3.35. The summed E-state index contributed by atoms with van der Waals surface area (Å²) in [5.41, 5.74) is 5.35. The number of fused-ring (bicyclic) bond motifs is 3. The van der Waals surface area contributed by atoms with E-state index in [1.165, 1.54) is 32.9 Å². The van der Waals surface area contributed by atoms with Gasteiger partial charge in [0.2, 0.25) is 0 Å². The van der Waals surface area contributed by atoms with E-state index in [0.29, 0.717) is 6.04 Å². The molecule has 0 unspecified atom stereocenters. The summed E-state index contributed by atoms with van der Waals surface area (Å²) in [6, 6.07) is 14.0. The predicted molar refractivity (Wildman–Crippen MR) is 102 cm³/mol. The van der Waals surface area contributed by atoms with Crippen molar-refractivity contribution >= 4 is 21.8 Å². The van der Waals surface area contributed by atoms with Gasteiger partial charge in [-0.25, -0.2) is 0 Å². The molecule has 2 aromatic carbocycles. The molecule has 0 N–H and O–H groups in total. The lowest BCUT2D eigenvalue weighted by Gasteiger charge is -2.12. The van der Waals surface area contributed by atoms with E-state index < -0.39 is 0 Å². The third-order valence-corrected chi connectivity index (χ3v) is 3.63. The Labute approximate surface area is 136 Å². The van der Waals surface area contributed by atoms with Crippen molar-refractivity contribution in [1.29, 1.82) is 0 Å². The number of aromatic nitrogens is 1. The molecule has 0 spiro atoms. The second-order valence-electron chi connectivity index (χ2n) is 5.50. The first-order valence-corrected chi connectivity index (χ1v) is 8.59. The monoisotopic (exact) mass is 297 g/mol. The fourth-order valence-corrected chi connectivity index (χ4v) is 2.82. The highest BCUT2D eigenvalue weighted by Crippen LogP contribution is 2.32. The van der Waals surface area contributed by atoms with E-state index in [9.17, 15) is 0 Å². The SMILES string of the molecule is CC.CC.Cc1ccc2c3ccc(C)cc3n(C(C)C)c2c1. The number of aryl methyl sites for hydroxylation is 2. The zero-order valence-corrected chi connectivity index (χ0v) is 15.5. The highest BCUT2D eigenvalue weighted by molar-refractivity contribution is 6.08. The molecule has 3 aromatic rings. The molecule has 0 radical (unpaired) electrons. The Kier molecular flexibility index (Phi) is 6.67. The highest BCUT2D eigenvalue weighted by Gasteiger charge is 2.12. The molecule has 1 nitrogen and oxygen atoms in total. The highest BCUT2D eigenvalue weighted by atomic mass is 15.0. The van der Waals surface area contributed by atoms with Crippen LogP contribution in [0.4, 0.5) is 0 Å². The summed E-state index contributed by atoms with van der Waals surface area (Å²) in [5, 5.41) is 2.73. The Bertz CT molecular complexity index is 673. The Morgan fingerprint density at radius 1 is 0.682 bits per heavy atom. The average molecular weight is 297 g/mol. The molecule has 0 aliphatic carbocycles. The maximum absolute atomic E-state index is 2.45. The maximum Gasteiger partial charge on any atom is 0.0496 e. The first-order valence-electron chi connectivity index (χ1n) is 8.59. The Hall–Kier alpha value is -1.76. The van der Waals surface area contributed by atoms with E-state index in [0.717, 1.165) is 0 Å². The van der Waals surface area contributed by atoms with Gasteiger partial charge in [-0.15, -0.1) is 0 Å². The molecule has 0 saturated carbocycles. The summed E-state index contributed by atoms with van der Waals surface area (Å²) in [6.45, 7) is 16.8. The van der Waals surface area contributed by atoms with Gasteiger partial charge in [0.15, 0.2) is 0 Å². The molecule has 0 aliphatic rings. The molecule has 0 atom stereocenters. The van der Waals surface area contributed by atoms with Crippen LogP contribution >= 0.6 is 0 Å². The van der Waals surface area contributed by atoms with Gasteiger partial charge in [0.1, 0.15) is 0 Å². The number of hydrogen-bond acceptors (Lipinski definition) is 0. The van der Waals surface area contributed by atoms with Crippen LogP contribution in [0.1, 0.15) is 58.7 Å². The van der Waals surface area contributed by atoms with Crippen LogP contribution in [0.25, 0.3) is 21.8 Å². The smallest absolute Gasteiger partial charge is 0.0496 e. The first kappa shape index (κ1) is 18.3. The lowest BCUT2D eigenvalue weighted by Crippen LogP contribution is -2.00. The van der Waals surface area contributed by atoms with Crippen LogP contribution in [0, 0.1) is 13.8 Å². The minimum absolute atomic E-state index is 0.480. The fraction of sp³-hybridized carbons (Fsp3) is 0.429. The molecule has 0 fully saturated rings. The van der Waals surface area contributed by atoms with Crippen LogP contribution < -0.4 is 0 Å². The van der Waals surface area contributed by atoms with Crippen molar-refractivity contribution in [1.82, 2.24) is 4.57 Å². The molecular weight excluding hydrogens is 266 g/mol. The molecular formula is C21H31N. The summed E-state index contributed by atoms with van der Waals surface area (Å²) in [5.74, 6) is 0. The van der Waals surface area contributed by atoms with Gasteiger partial charge in [-0.1, -0.05) is 52.0 Å². The summed E-state index contributed by atoms with van der Waals surface area (Å²) in [6.07, 6.45) is 0. The maximum atomic E-state index is 2.45. The summed E-state index contributed by atoms with van der Waals surface area (Å²) >= 11 is 0.